The first-order valence-corrected chi connectivity index (χ1v) is 8.78. The molecule has 0 fully saturated rings. The van der Waals surface area contributed by atoms with Crippen LogP contribution in [0.3, 0.4) is 0 Å². The van der Waals surface area contributed by atoms with Crippen molar-refractivity contribution in [3.63, 3.8) is 0 Å². The zero-order valence-electron chi connectivity index (χ0n) is 16.1. The molecule has 3 aromatic heterocycles. The van der Waals surface area contributed by atoms with Gasteiger partial charge in [-0.25, -0.2) is 9.67 Å². The number of rotatable bonds is 5. The highest BCUT2D eigenvalue weighted by Gasteiger charge is 2.35. The molecule has 0 saturated heterocycles. The number of likely N-dealkylation sites (N-methyl/N-ethyl adjacent to an activating group) is 1. The number of fused-ring (bicyclic) bond motifs is 1. The highest BCUT2D eigenvalue weighted by Crippen LogP contribution is 2.36. The largest absolute Gasteiger partial charge is 0.417 e. The smallest absolute Gasteiger partial charge is 0.338 e. The van der Waals surface area contributed by atoms with Gasteiger partial charge in [-0.1, -0.05) is 0 Å². The average molecular weight is 394 g/mol. The monoisotopic (exact) mass is 394 g/mol. The van der Waals surface area contributed by atoms with Crippen LogP contribution in [0.15, 0.2) is 18.3 Å². The summed E-state index contributed by atoms with van der Waals surface area (Å²) in [5.74, 6) is -0.299. The molecule has 0 unspecified atom stereocenters. The fourth-order valence-electron chi connectivity index (χ4n) is 3.06. The lowest BCUT2D eigenvalue weighted by Gasteiger charge is -2.16. The van der Waals surface area contributed by atoms with Crippen molar-refractivity contribution in [1.82, 2.24) is 29.4 Å². The van der Waals surface area contributed by atoms with Gasteiger partial charge in [-0.05, 0) is 32.9 Å². The molecule has 0 aliphatic rings. The van der Waals surface area contributed by atoms with E-state index in [4.69, 9.17) is 0 Å². The number of pyridine rings is 1. The van der Waals surface area contributed by atoms with Crippen LogP contribution < -0.4 is 0 Å². The van der Waals surface area contributed by atoms with E-state index in [2.05, 4.69) is 15.2 Å². The second-order valence-electron chi connectivity index (χ2n) is 6.66. The van der Waals surface area contributed by atoms with Gasteiger partial charge in [0.1, 0.15) is 6.54 Å². The number of carbonyl (C=O) groups is 1. The van der Waals surface area contributed by atoms with Gasteiger partial charge in [-0.2, -0.15) is 23.4 Å². The van der Waals surface area contributed by atoms with Crippen LogP contribution in [0.25, 0.3) is 11.0 Å². The van der Waals surface area contributed by atoms with E-state index in [-0.39, 0.29) is 34.9 Å². The molecule has 0 aliphatic carbocycles. The normalized spacial score (nSPS) is 12.0. The van der Waals surface area contributed by atoms with Crippen LogP contribution >= 0.6 is 0 Å². The summed E-state index contributed by atoms with van der Waals surface area (Å²) in [6.07, 6.45) is -2.70. The van der Waals surface area contributed by atoms with E-state index in [9.17, 15) is 18.0 Å². The third-order valence-corrected chi connectivity index (χ3v) is 4.44. The second-order valence-corrected chi connectivity index (χ2v) is 6.66. The molecule has 0 atom stereocenters. The van der Waals surface area contributed by atoms with E-state index >= 15 is 0 Å². The summed E-state index contributed by atoms with van der Waals surface area (Å²) >= 11 is 0. The summed E-state index contributed by atoms with van der Waals surface area (Å²) in [5, 5.41) is 8.39. The first-order chi connectivity index (χ1) is 13.1. The Hall–Kier alpha value is -2.91. The number of hydrogen-bond acceptors (Lipinski definition) is 4. The zero-order valence-corrected chi connectivity index (χ0v) is 16.1. The molecule has 3 rings (SSSR count). The fourth-order valence-corrected chi connectivity index (χ4v) is 3.06. The van der Waals surface area contributed by atoms with Gasteiger partial charge >= 0.3 is 6.18 Å². The van der Waals surface area contributed by atoms with Crippen molar-refractivity contribution in [2.75, 3.05) is 7.05 Å². The van der Waals surface area contributed by atoms with Crippen LogP contribution in [0.2, 0.25) is 0 Å². The van der Waals surface area contributed by atoms with Crippen LogP contribution in [-0.4, -0.2) is 42.4 Å². The molecule has 7 nitrogen and oxygen atoms in total. The molecule has 28 heavy (non-hydrogen) atoms. The lowest BCUT2D eigenvalue weighted by Crippen LogP contribution is -2.30. The standard InChI is InChI=1S/C18H21F3N6O/c1-5-26-7-6-13(24-26)9-25(4)15(28)10-27-17-16(12(3)23-27)14(18(19,20)21)8-11(2)22-17/h6-8H,5,9-10H2,1-4H3. The van der Waals surface area contributed by atoms with Gasteiger partial charge in [0.05, 0.1) is 28.9 Å². The van der Waals surface area contributed by atoms with Gasteiger partial charge < -0.3 is 4.90 Å². The molecule has 150 valence electrons. The first kappa shape index (κ1) is 19.8. The minimum Gasteiger partial charge on any atom is -0.338 e. The molecule has 0 spiro atoms. The quantitative estimate of drug-likeness (QED) is 0.667. The number of aryl methyl sites for hydroxylation is 3. The van der Waals surface area contributed by atoms with Crippen molar-refractivity contribution in [3.8, 4) is 0 Å². The Kier molecular flexibility index (Phi) is 5.14. The van der Waals surface area contributed by atoms with Gasteiger partial charge in [0, 0.05) is 25.5 Å². The molecule has 10 heteroatoms. The Morgan fingerprint density at radius 1 is 1.25 bits per heavy atom. The predicted octanol–water partition coefficient (Wildman–Crippen LogP) is 2.94. The van der Waals surface area contributed by atoms with Crippen molar-refractivity contribution < 1.29 is 18.0 Å². The maximum atomic E-state index is 13.4. The number of halogens is 3. The summed E-state index contributed by atoms with van der Waals surface area (Å²) in [6.45, 7) is 5.74. The van der Waals surface area contributed by atoms with Crippen LogP contribution in [0.5, 0.6) is 0 Å². The maximum Gasteiger partial charge on any atom is 0.417 e. The molecule has 0 radical (unpaired) electrons. The number of aromatic nitrogens is 5. The number of hydrogen-bond donors (Lipinski definition) is 0. The van der Waals surface area contributed by atoms with Gasteiger partial charge in [0.15, 0.2) is 5.65 Å². The summed E-state index contributed by atoms with van der Waals surface area (Å²) in [7, 11) is 1.62. The van der Waals surface area contributed by atoms with Crippen molar-refractivity contribution >= 4 is 16.9 Å². The summed E-state index contributed by atoms with van der Waals surface area (Å²) in [4.78, 5) is 18.3. The number of amides is 1. The first-order valence-electron chi connectivity index (χ1n) is 8.78. The average Bonchev–Trinajstić information content (AvgIpc) is 3.18. The molecule has 0 N–H and O–H groups in total. The third kappa shape index (κ3) is 3.85. The Labute approximate surface area is 159 Å². The third-order valence-electron chi connectivity index (χ3n) is 4.44. The van der Waals surface area contributed by atoms with Crippen LogP contribution in [0.4, 0.5) is 13.2 Å². The lowest BCUT2D eigenvalue weighted by molar-refractivity contribution is -0.136. The Morgan fingerprint density at radius 3 is 2.57 bits per heavy atom. The summed E-state index contributed by atoms with van der Waals surface area (Å²) in [5.41, 5.74) is 0.401. The van der Waals surface area contributed by atoms with Crippen molar-refractivity contribution in [1.29, 1.82) is 0 Å². The van der Waals surface area contributed by atoms with E-state index < -0.39 is 11.7 Å². The fraction of sp³-hybridized carbons (Fsp3) is 0.444. The highest BCUT2D eigenvalue weighted by atomic mass is 19.4. The Balaban J connectivity index is 1.87. The molecule has 0 aliphatic heterocycles. The number of nitrogens with zero attached hydrogens (tertiary/aromatic N) is 6. The molecule has 0 saturated carbocycles. The SMILES string of the molecule is CCn1ccc(CN(C)C(=O)Cn2nc(C)c3c(C(F)(F)F)cc(C)nc32)n1. The summed E-state index contributed by atoms with van der Waals surface area (Å²) < 4.78 is 43.2. The summed E-state index contributed by atoms with van der Waals surface area (Å²) in [6, 6.07) is 2.82. The van der Waals surface area contributed by atoms with Crippen molar-refractivity contribution in [3.05, 3.63) is 41.0 Å². The molecule has 3 heterocycles. The van der Waals surface area contributed by atoms with Gasteiger partial charge in [-0.3, -0.25) is 9.48 Å². The van der Waals surface area contributed by atoms with Crippen molar-refractivity contribution in [2.24, 2.45) is 0 Å². The van der Waals surface area contributed by atoms with E-state index in [0.717, 1.165) is 18.3 Å². The molecule has 0 aromatic carbocycles. The topological polar surface area (TPSA) is 68.8 Å². The maximum absolute atomic E-state index is 13.4. The predicted molar refractivity (Wildman–Crippen MR) is 96.4 cm³/mol. The Bertz CT molecular complexity index is 1020. The van der Waals surface area contributed by atoms with E-state index in [0.29, 0.717) is 6.54 Å². The lowest BCUT2D eigenvalue weighted by atomic mass is 10.1. The van der Waals surface area contributed by atoms with Gasteiger partial charge in [0.2, 0.25) is 5.91 Å². The number of carbonyl (C=O) groups excluding carboxylic acids is 1. The minimum absolute atomic E-state index is 0.0573. The van der Waals surface area contributed by atoms with Crippen LogP contribution in [0, 0.1) is 13.8 Å². The molecular weight excluding hydrogens is 373 g/mol. The van der Waals surface area contributed by atoms with E-state index in [1.165, 1.54) is 23.4 Å². The van der Waals surface area contributed by atoms with Crippen LogP contribution in [0.1, 0.15) is 29.6 Å². The second kappa shape index (κ2) is 7.25. The zero-order chi connectivity index (χ0) is 20.6. The molecule has 1 amide bonds. The Morgan fingerprint density at radius 2 is 1.96 bits per heavy atom. The van der Waals surface area contributed by atoms with E-state index in [1.807, 2.05) is 19.2 Å². The highest BCUT2D eigenvalue weighted by molar-refractivity contribution is 5.85. The van der Waals surface area contributed by atoms with E-state index in [1.54, 1.807) is 11.7 Å². The number of alkyl halides is 3. The molecule has 3 aromatic rings. The van der Waals surface area contributed by atoms with Gasteiger partial charge in [0.25, 0.3) is 0 Å². The molecular formula is C18H21F3N6O. The molecule has 0 bridgehead atoms. The minimum atomic E-state index is -4.52. The van der Waals surface area contributed by atoms with Gasteiger partial charge in [-0.15, -0.1) is 0 Å². The van der Waals surface area contributed by atoms with Crippen molar-refractivity contribution in [2.45, 2.75) is 46.6 Å². The van der Waals surface area contributed by atoms with Crippen LogP contribution in [-0.2, 0) is 30.6 Å².